The van der Waals surface area contributed by atoms with E-state index in [1.165, 1.54) is 0 Å². The maximum atomic E-state index is 5.65. The highest BCUT2D eigenvalue weighted by atomic mass is 16.6. The molecule has 0 bridgehead atoms. The van der Waals surface area contributed by atoms with Crippen molar-refractivity contribution >= 4 is 11.7 Å². The largest absolute Gasteiger partial charge is 0.491 e. The Labute approximate surface area is 153 Å². The van der Waals surface area contributed by atoms with Crippen LogP contribution >= 0.6 is 0 Å². The minimum Gasteiger partial charge on any atom is -0.491 e. The van der Waals surface area contributed by atoms with Crippen molar-refractivity contribution in [2.45, 2.75) is 6.92 Å². The van der Waals surface area contributed by atoms with E-state index < -0.39 is 0 Å². The Morgan fingerprint density at radius 3 is 2.12 bits per heavy atom. The van der Waals surface area contributed by atoms with Crippen molar-refractivity contribution in [1.29, 1.82) is 0 Å². The van der Waals surface area contributed by atoms with Crippen molar-refractivity contribution in [1.82, 2.24) is 5.43 Å². The second-order valence-corrected chi connectivity index (χ2v) is 5.45. The van der Waals surface area contributed by atoms with Crippen molar-refractivity contribution < 1.29 is 24.4 Å². The summed E-state index contributed by atoms with van der Waals surface area (Å²) < 4.78 is 21.7. The van der Waals surface area contributed by atoms with Crippen molar-refractivity contribution in [3.05, 3.63) is 29.8 Å². The quantitative estimate of drug-likeness (QED) is 0.312. The van der Waals surface area contributed by atoms with Crippen LogP contribution < -0.4 is 21.3 Å². The summed E-state index contributed by atoms with van der Waals surface area (Å²) in [6.07, 6.45) is 0. The van der Waals surface area contributed by atoms with E-state index in [2.05, 4.69) is 15.6 Å². The lowest BCUT2D eigenvalue weighted by molar-refractivity contribution is -0.547. The van der Waals surface area contributed by atoms with Gasteiger partial charge in [-0.25, -0.2) is 0 Å². The standard InChI is InChI=1S/C17H27N5O4/c1-14-19-21-17(22-20-14)15-2-4-16(5-3-15)26-13-12-25-11-10-24-9-8-23-7-6-18/h2-5H,6-13,18H2,1H3,(H,19,20)(H,21,22)/p+1. The predicted octanol–water partition coefficient (Wildman–Crippen LogP) is -0.764. The molecule has 1 aromatic rings. The monoisotopic (exact) mass is 366 g/mol. The number of quaternary nitrogens is 1. The van der Waals surface area contributed by atoms with Gasteiger partial charge in [0, 0.05) is 13.5 Å². The van der Waals surface area contributed by atoms with Crippen LogP contribution in [0.25, 0.3) is 0 Å². The van der Waals surface area contributed by atoms with Crippen LogP contribution in [0, 0.1) is 0 Å². The second-order valence-electron chi connectivity index (χ2n) is 5.45. The van der Waals surface area contributed by atoms with E-state index >= 15 is 0 Å². The summed E-state index contributed by atoms with van der Waals surface area (Å²) in [5.74, 6) is 2.35. The maximum Gasteiger partial charge on any atom is 0.275 e. The first-order valence-electron chi connectivity index (χ1n) is 8.67. The lowest BCUT2D eigenvalue weighted by Gasteiger charge is -2.09. The molecule has 0 unspecified atom stereocenters. The number of nitrogens with one attached hydrogen (secondary N) is 1. The van der Waals surface area contributed by atoms with Crippen LogP contribution in [0.15, 0.2) is 34.5 Å². The number of nitrogens with two attached hydrogens (primary N) is 2. The zero-order chi connectivity index (χ0) is 18.5. The molecule has 9 heteroatoms. The highest BCUT2D eigenvalue weighted by Gasteiger charge is 2.12. The molecule has 144 valence electrons. The number of amidine groups is 2. The first-order valence-corrected chi connectivity index (χ1v) is 8.67. The second kappa shape index (κ2) is 12.3. The summed E-state index contributed by atoms with van der Waals surface area (Å²) in [7, 11) is 0. The molecular formula is C17H28N5O4+. The molecule has 0 atom stereocenters. The molecule has 1 aliphatic rings. The average Bonchev–Trinajstić information content (AvgIpc) is 2.67. The third kappa shape index (κ3) is 7.89. The van der Waals surface area contributed by atoms with Gasteiger partial charge in [-0.05, 0) is 24.3 Å². The fourth-order valence-corrected chi connectivity index (χ4v) is 2.06. The summed E-state index contributed by atoms with van der Waals surface area (Å²) in [5, 5.41) is 8.44. The van der Waals surface area contributed by atoms with Crippen molar-refractivity contribution in [2.24, 2.45) is 15.9 Å². The van der Waals surface area contributed by atoms with Gasteiger partial charge in [0.1, 0.15) is 12.4 Å². The summed E-state index contributed by atoms with van der Waals surface area (Å²) in [6, 6.07) is 7.70. The van der Waals surface area contributed by atoms with Crippen LogP contribution in [-0.4, -0.2) is 64.5 Å². The van der Waals surface area contributed by atoms with Gasteiger partial charge in [0.25, 0.3) is 5.84 Å². The Kier molecular flexibility index (Phi) is 9.62. The molecule has 0 aliphatic carbocycles. The molecule has 1 aliphatic heterocycles. The smallest absolute Gasteiger partial charge is 0.275 e. The van der Waals surface area contributed by atoms with Crippen LogP contribution in [-0.2, 0) is 14.2 Å². The van der Waals surface area contributed by atoms with E-state index in [9.17, 15) is 0 Å². The average molecular weight is 366 g/mol. The molecule has 0 saturated heterocycles. The van der Waals surface area contributed by atoms with E-state index in [0.29, 0.717) is 52.8 Å². The van der Waals surface area contributed by atoms with Crippen LogP contribution in [0.2, 0.25) is 0 Å². The molecule has 5 N–H and O–H groups in total. The van der Waals surface area contributed by atoms with Gasteiger partial charge < -0.3 is 24.7 Å². The Morgan fingerprint density at radius 1 is 0.923 bits per heavy atom. The summed E-state index contributed by atoms with van der Waals surface area (Å²) in [6.45, 7) is 6.12. The first kappa shape index (κ1) is 20.3. The Hall–Kier alpha value is -2.04. The van der Waals surface area contributed by atoms with Crippen LogP contribution in [0.5, 0.6) is 5.75 Å². The number of nitrogens with zero attached hydrogens (tertiary/aromatic N) is 2. The van der Waals surface area contributed by atoms with Gasteiger partial charge in [0.2, 0.25) is 0 Å². The topological polar surface area (TPSA) is 116 Å². The van der Waals surface area contributed by atoms with Gasteiger partial charge in [-0.2, -0.15) is 5.43 Å². The molecule has 0 fully saturated rings. The van der Waals surface area contributed by atoms with Crippen LogP contribution in [0.4, 0.5) is 0 Å². The van der Waals surface area contributed by atoms with Gasteiger partial charge in [-0.3, -0.25) is 5.43 Å². The molecular weight excluding hydrogens is 338 g/mol. The lowest BCUT2D eigenvalue weighted by atomic mass is 10.2. The molecule has 1 aromatic carbocycles. The minimum atomic E-state index is 0.483. The third-order valence-electron chi connectivity index (χ3n) is 3.37. The molecule has 0 amide bonds. The number of hydrazone groups is 1. The number of hydrogen-bond acceptors (Lipinski definition) is 8. The number of rotatable bonds is 13. The normalized spacial score (nSPS) is 13.8. The molecule has 0 radical (unpaired) electrons. The van der Waals surface area contributed by atoms with E-state index in [1.807, 2.05) is 31.2 Å². The molecule has 1 heterocycles. The third-order valence-corrected chi connectivity index (χ3v) is 3.37. The first-order chi connectivity index (χ1) is 12.8. The van der Waals surface area contributed by atoms with Crippen molar-refractivity contribution in [3.8, 4) is 5.75 Å². The zero-order valence-corrected chi connectivity index (χ0v) is 15.1. The number of hydrogen-bond donors (Lipinski definition) is 3. The van der Waals surface area contributed by atoms with Crippen LogP contribution in [0.3, 0.4) is 0 Å². The molecule has 2 rings (SSSR count). The molecule has 26 heavy (non-hydrogen) atoms. The Morgan fingerprint density at radius 2 is 1.54 bits per heavy atom. The van der Waals surface area contributed by atoms with Gasteiger partial charge in [0.05, 0.1) is 45.2 Å². The molecule has 9 nitrogen and oxygen atoms in total. The van der Waals surface area contributed by atoms with Crippen molar-refractivity contribution in [2.75, 3.05) is 52.8 Å². The van der Waals surface area contributed by atoms with E-state index in [-0.39, 0.29) is 0 Å². The highest BCUT2D eigenvalue weighted by Crippen LogP contribution is 2.11. The van der Waals surface area contributed by atoms with Crippen molar-refractivity contribution in [3.63, 3.8) is 0 Å². The lowest BCUT2D eigenvalue weighted by Crippen LogP contribution is -2.85. The zero-order valence-electron chi connectivity index (χ0n) is 15.1. The highest BCUT2D eigenvalue weighted by molar-refractivity contribution is 5.94. The van der Waals surface area contributed by atoms with E-state index in [0.717, 1.165) is 23.0 Å². The number of benzene rings is 1. The summed E-state index contributed by atoms with van der Waals surface area (Å²) >= 11 is 0. The number of ether oxygens (including phenoxy) is 4. The molecule has 0 saturated carbocycles. The minimum absolute atomic E-state index is 0.483. The fourth-order valence-electron chi connectivity index (χ4n) is 2.06. The summed E-state index contributed by atoms with van der Waals surface area (Å²) in [5.41, 5.74) is 10.9. The van der Waals surface area contributed by atoms with Crippen LogP contribution in [0.1, 0.15) is 12.5 Å². The van der Waals surface area contributed by atoms with E-state index in [4.69, 9.17) is 24.7 Å². The SMILES string of the molecule is CC1=N[NH2+]C(c2ccc(OCCOCCOCCOCCN)cc2)=NN1. The Bertz CT molecular complexity index is 577. The predicted molar refractivity (Wildman–Crippen MR) is 98.2 cm³/mol. The summed E-state index contributed by atoms with van der Waals surface area (Å²) in [4.78, 5) is 0. The molecule has 0 aromatic heterocycles. The maximum absolute atomic E-state index is 5.65. The van der Waals surface area contributed by atoms with Gasteiger partial charge >= 0.3 is 0 Å². The Balaban J connectivity index is 1.51. The molecule has 0 spiro atoms. The van der Waals surface area contributed by atoms with Gasteiger partial charge in [-0.1, -0.05) is 5.10 Å². The van der Waals surface area contributed by atoms with Gasteiger partial charge in [0.15, 0.2) is 5.84 Å². The van der Waals surface area contributed by atoms with Gasteiger partial charge in [-0.15, -0.1) is 5.10 Å². The van der Waals surface area contributed by atoms with E-state index in [1.54, 1.807) is 5.43 Å². The fraction of sp³-hybridized carbons (Fsp3) is 0.529.